The predicted octanol–water partition coefficient (Wildman–Crippen LogP) is 6.82. The lowest BCUT2D eigenvalue weighted by molar-refractivity contribution is 0.837. The van der Waals surface area contributed by atoms with Crippen LogP contribution < -0.4 is 15.6 Å². The van der Waals surface area contributed by atoms with Gasteiger partial charge in [0.1, 0.15) is 0 Å². The number of aromatic nitrogens is 4. The third-order valence-electron chi connectivity index (χ3n) is 7.40. The lowest BCUT2D eigenvalue weighted by Gasteiger charge is -2.16. The molecule has 8 heteroatoms. The number of hydrogen-bond acceptors (Lipinski definition) is 7. The number of fused-ring (bicyclic) bond motifs is 2. The fourth-order valence-electron chi connectivity index (χ4n) is 5.38. The van der Waals surface area contributed by atoms with Crippen molar-refractivity contribution in [2.24, 2.45) is 5.10 Å². The van der Waals surface area contributed by atoms with E-state index in [1.54, 1.807) is 0 Å². The topological polar surface area (TPSA) is 83.3 Å². The highest BCUT2D eigenvalue weighted by Crippen LogP contribution is 2.24. The SMILES string of the molecule is C(=N\Nc1nc(Nc2ccccc2)nc(N2CCCC2)n1)/c1cn(Cc2ccc3ccccc3c2)c2ccccc12. The van der Waals surface area contributed by atoms with Crippen molar-refractivity contribution in [1.29, 1.82) is 0 Å². The second-order valence-corrected chi connectivity index (χ2v) is 10.2. The molecule has 0 aliphatic carbocycles. The molecule has 0 unspecified atom stereocenters. The smallest absolute Gasteiger partial charge is 0.250 e. The molecule has 0 atom stereocenters. The Hall–Kier alpha value is -5.24. The largest absolute Gasteiger partial charge is 0.342 e. The molecule has 8 nitrogen and oxygen atoms in total. The summed E-state index contributed by atoms with van der Waals surface area (Å²) in [4.78, 5) is 16.1. The van der Waals surface area contributed by atoms with Gasteiger partial charge in [-0.05, 0) is 53.4 Å². The standard InChI is InChI=1S/C33H30N8/c1-2-12-28(13-3-1)35-31-36-32(38-33(37-31)40-18-8-9-19-40)39-34-21-27-23-41(30-15-7-6-14-29(27)30)22-24-16-17-25-10-4-5-11-26(25)20-24/h1-7,10-17,20-21,23H,8-9,18-19,22H2,(H2,35,36,37,38,39)/b34-21+. The highest BCUT2D eigenvalue weighted by Gasteiger charge is 2.17. The van der Waals surface area contributed by atoms with Gasteiger partial charge in [0.05, 0.1) is 6.21 Å². The van der Waals surface area contributed by atoms with Crippen molar-refractivity contribution in [2.45, 2.75) is 19.4 Å². The minimum Gasteiger partial charge on any atom is -0.342 e. The van der Waals surface area contributed by atoms with Gasteiger partial charge in [-0.2, -0.15) is 20.1 Å². The van der Waals surface area contributed by atoms with Crippen LogP contribution in [0.15, 0.2) is 108 Å². The summed E-state index contributed by atoms with van der Waals surface area (Å²) >= 11 is 0. The average molecular weight is 539 g/mol. The van der Waals surface area contributed by atoms with Crippen LogP contribution in [0.3, 0.4) is 0 Å². The first-order chi connectivity index (χ1) is 20.3. The molecule has 1 aliphatic rings. The molecule has 1 fully saturated rings. The van der Waals surface area contributed by atoms with Crippen LogP contribution in [0, 0.1) is 0 Å². The molecule has 6 aromatic rings. The number of rotatable bonds is 8. The summed E-state index contributed by atoms with van der Waals surface area (Å²) in [5.41, 5.74) is 7.41. The van der Waals surface area contributed by atoms with E-state index in [2.05, 4.69) is 113 Å². The first-order valence-electron chi connectivity index (χ1n) is 14.0. The Balaban J connectivity index is 1.15. The summed E-state index contributed by atoms with van der Waals surface area (Å²) < 4.78 is 2.27. The van der Waals surface area contributed by atoms with E-state index >= 15 is 0 Å². The normalized spacial score (nSPS) is 13.4. The van der Waals surface area contributed by atoms with Crippen LogP contribution in [0.25, 0.3) is 21.7 Å². The van der Waals surface area contributed by atoms with Gasteiger partial charge in [-0.3, -0.25) is 0 Å². The number of nitrogens with zero attached hydrogens (tertiary/aromatic N) is 6. The van der Waals surface area contributed by atoms with Crippen molar-refractivity contribution in [1.82, 2.24) is 19.5 Å². The first-order valence-corrected chi connectivity index (χ1v) is 14.0. The van der Waals surface area contributed by atoms with E-state index in [1.807, 2.05) is 36.5 Å². The molecule has 2 N–H and O–H groups in total. The molecule has 2 aromatic heterocycles. The van der Waals surface area contributed by atoms with Gasteiger partial charge in [0, 0.05) is 48.0 Å². The molecule has 3 heterocycles. The number of hydrazone groups is 1. The Labute approximate surface area is 238 Å². The lowest BCUT2D eigenvalue weighted by atomic mass is 10.1. The molecule has 1 aliphatic heterocycles. The van der Waals surface area contributed by atoms with E-state index in [1.165, 1.54) is 16.3 Å². The molecular weight excluding hydrogens is 508 g/mol. The lowest BCUT2D eigenvalue weighted by Crippen LogP contribution is -2.21. The zero-order chi connectivity index (χ0) is 27.4. The fraction of sp³-hybridized carbons (Fsp3) is 0.152. The number of anilines is 4. The van der Waals surface area contributed by atoms with Crippen LogP contribution in [-0.2, 0) is 6.54 Å². The van der Waals surface area contributed by atoms with Gasteiger partial charge in [0.25, 0.3) is 0 Å². The van der Waals surface area contributed by atoms with Crippen LogP contribution >= 0.6 is 0 Å². The van der Waals surface area contributed by atoms with Crippen molar-refractivity contribution in [3.8, 4) is 0 Å². The number of nitrogens with one attached hydrogen (secondary N) is 2. The zero-order valence-corrected chi connectivity index (χ0v) is 22.6. The summed E-state index contributed by atoms with van der Waals surface area (Å²) in [7, 11) is 0. The molecule has 0 amide bonds. The van der Waals surface area contributed by atoms with Gasteiger partial charge in [-0.1, -0.05) is 72.8 Å². The summed E-state index contributed by atoms with van der Waals surface area (Å²) in [6.45, 7) is 2.65. The van der Waals surface area contributed by atoms with Crippen molar-refractivity contribution < 1.29 is 0 Å². The minimum atomic E-state index is 0.400. The molecule has 0 radical (unpaired) electrons. The maximum absolute atomic E-state index is 4.68. The van der Waals surface area contributed by atoms with E-state index < -0.39 is 0 Å². The van der Waals surface area contributed by atoms with Gasteiger partial charge in [0.2, 0.25) is 17.8 Å². The molecule has 0 spiro atoms. The monoisotopic (exact) mass is 538 g/mol. The van der Waals surface area contributed by atoms with Crippen LogP contribution in [0.4, 0.5) is 23.5 Å². The van der Waals surface area contributed by atoms with Crippen LogP contribution in [0.1, 0.15) is 24.0 Å². The number of hydrogen-bond donors (Lipinski definition) is 2. The maximum Gasteiger partial charge on any atom is 0.250 e. The molecule has 7 rings (SSSR count). The van der Waals surface area contributed by atoms with E-state index in [4.69, 9.17) is 0 Å². The number of benzene rings is 4. The molecule has 0 bridgehead atoms. The van der Waals surface area contributed by atoms with Crippen molar-refractivity contribution >= 4 is 51.4 Å². The second kappa shape index (κ2) is 11.1. The third-order valence-corrected chi connectivity index (χ3v) is 7.40. The molecule has 1 saturated heterocycles. The summed E-state index contributed by atoms with van der Waals surface area (Å²) in [6, 6.07) is 33.4. The Morgan fingerprint density at radius 2 is 1.51 bits per heavy atom. The highest BCUT2D eigenvalue weighted by atomic mass is 15.4. The molecule has 0 saturated carbocycles. The van der Waals surface area contributed by atoms with Crippen LogP contribution in [-0.4, -0.2) is 38.8 Å². The molecule has 4 aromatic carbocycles. The molecule has 41 heavy (non-hydrogen) atoms. The predicted molar refractivity (Wildman–Crippen MR) is 167 cm³/mol. The first kappa shape index (κ1) is 24.8. The van der Waals surface area contributed by atoms with Gasteiger partial charge in [-0.15, -0.1) is 0 Å². The Bertz CT molecular complexity index is 1840. The van der Waals surface area contributed by atoms with E-state index in [0.29, 0.717) is 17.8 Å². The van der Waals surface area contributed by atoms with Crippen LogP contribution in [0.5, 0.6) is 0 Å². The highest BCUT2D eigenvalue weighted by molar-refractivity contribution is 5.99. The maximum atomic E-state index is 4.68. The summed E-state index contributed by atoms with van der Waals surface area (Å²) in [5, 5.41) is 11.5. The van der Waals surface area contributed by atoms with E-state index in [0.717, 1.165) is 54.6 Å². The van der Waals surface area contributed by atoms with E-state index in [9.17, 15) is 0 Å². The van der Waals surface area contributed by atoms with Gasteiger partial charge in [0.15, 0.2) is 0 Å². The fourth-order valence-corrected chi connectivity index (χ4v) is 5.38. The number of para-hydroxylation sites is 2. The van der Waals surface area contributed by atoms with Crippen LogP contribution in [0.2, 0.25) is 0 Å². The van der Waals surface area contributed by atoms with Crippen molar-refractivity contribution in [3.05, 3.63) is 114 Å². The Morgan fingerprint density at radius 1 is 0.756 bits per heavy atom. The second-order valence-electron chi connectivity index (χ2n) is 10.2. The summed E-state index contributed by atoms with van der Waals surface area (Å²) in [5.74, 6) is 1.54. The quantitative estimate of drug-likeness (QED) is 0.163. The van der Waals surface area contributed by atoms with Crippen molar-refractivity contribution in [3.63, 3.8) is 0 Å². The third kappa shape index (κ3) is 5.45. The Morgan fingerprint density at radius 3 is 2.39 bits per heavy atom. The Kier molecular flexibility index (Phi) is 6.70. The van der Waals surface area contributed by atoms with E-state index in [-0.39, 0.29) is 0 Å². The van der Waals surface area contributed by atoms with Gasteiger partial charge >= 0.3 is 0 Å². The molecule has 202 valence electrons. The summed E-state index contributed by atoms with van der Waals surface area (Å²) in [6.07, 6.45) is 6.26. The zero-order valence-electron chi connectivity index (χ0n) is 22.6. The average Bonchev–Trinajstić information content (AvgIpc) is 3.67. The van der Waals surface area contributed by atoms with Gasteiger partial charge in [-0.25, -0.2) is 5.43 Å². The minimum absolute atomic E-state index is 0.400. The molecular formula is C33H30N8. The van der Waals surface area contributed by atoms with Gasteiger partial charge < -0.3 is 14.8 Å². The van der Waals surface area contributed by atoms with Crippen molar-refractivity contribution in [2.75, 3.05) is 28.7 Å².